The smallest absolute Gasteiger partial charge is 0.231 e. The Kier molecular flexibility index (Phi) is 7.90. The Morgan fingerprint density at radius 3 is 2.55 bits per heavy atom. The van der Waals surface area contributed by atoms with Gasteiger partial charge in [0.2, 0.25) is 11.9 Å². The number of imidazole rings is 1. The molecule has 0 unspecified atom stereocenters. The number of nitrogens with one attached hydrogen (secondary N) is 2. The van der Waals surface area contributed by atoms with E-state index in [1.165, 1.54) is 5.69 Å². The summed E-state index contributed by atoms with van der Waals surface area (Å²) in [7, 11) is 0. The summed E-state index contributed by atoms with van der Waals surface area (Å²) in [5.74, 6) is 2.13. The molecule has 0 aliphatic carbocycles. The molecule has 40 heavy (non-hydrogen) atoms. The van der Waals surface area contributed by atoms with Crippen molar-refractivity contribution >= 4 is 40.2 Å². The first kappa shape index (κ1) is 25.9. The van der Waals surface area contributed by atoms with Gasteiger partial charge in [-0.3, -0.25) is 4.79 Å². The van der Waals surface area contributed by atoms with E-state index in [-0.39, 0.29) is 5.91 Å². The van der Waals surface area contributed by atoms with Crippen LogP contribution in [0.15, 0.2) is 60.9 Å². The minimum absolute atomic E-state index is 0.211. The van der Waals surface area contributed by atoms with E-state index in [4.69, 9.17) is 19.4 Å². The molecule has 6 rings (SSSR count). The van der Waals surface area contributed by atoms with Crippen molar-refractivity contribution in [2.75, 3.05) is 68.1 Å². The molecule has 2 aromatic carbocycles. The Morgan fingerprint density at radius 2 is 1.77 bits per heavy atom. The maximum absolute atomic E-state index is 12.1. The summed E-state index contributed by atoms with van der Waals surface area (Å²) >= 11 is 0. The van der Waals surface area contributed by atoms with Crippen molar-refractivity contribution in [3.05, 3.63) is 60.9 Å². The lowest BCUT2D eigenvalue weighted by molar-refractivity contribution is -0.127. The number of morpholine rings is 1. The Hall–Kier alpha value is -4.38. The summed E-state index contributed by atoms with van der Waals surface area (Å²) in [6, 6.07) is 18.0. The Labute approximate surface area is 233 Å². The number of hydrogen-bond acceptors (Lipinski definition) is 9. The molecule has 4 heterocycles. The fourth-order valence-corrected chi connectivity index (χ4v) is 5.02. The molecule has 2 fully saturated rings. The van der Waals surface area contributed by atoms with E-state index in [0.29, 0.717) is 55.6 Å². The summed E-state index contributed by atoms with van der Waals surface area (Å²) < 4.78 is 13.3. The molecule has 1 amide bonds. The number of ether oxygens (including phenoxy) is 2. The lowest BCUT2D eigenvalue weighted by Crippen LogP contribution is -2.36. The molecule has 11 nitrogen and oxygen atoms in total. The Morgan fingerprint density at radius 1 is 0.950 bits per heavy atom. The van der Waals surface area contributed by atoms with E-state index in [0.717, 1.165) is 50.7 Å². The van der Waals surface area contributed by atoms with Gasteiger partial charge in [0.15, 0.2) is 17.0 Å². The van der Waals surface area contributed by atoms with Gasteiger partial charge in [-0.2, -0.15) is 9.97 Å². The van der Waals surface area contributed by atoms with Crippen molar-refractivity contribution in [3.8, 4) is 5.75 Å². The summed E-state index contributed by atoms with van der Waals surface area (Å²) in [4.78, 5) is 30.5. The topological polar surface area (TPSA) is 110 Å². The van der Waals surface area contributed by atoms with Crippen LogP contribution >= 0.6 is 0 Å². The van der Waals surface area contributed by atoms with Gasteiger partial charge in [0.1, 0.15) is 12.4 Å². The second kappa shape index (κ2) is 12.2. The third kappa shape index (κ3) is 6.09. The molecule has 208 valence electrons. The SMILES string of the molecule is O=C1CCCN1CCn1cnc2c(NCCOc3ccccc3)nc(Nc3ccc(N4CCOCC4)cc3)nc21. The van der Waals surface area contributed by atoms with Gasteiger partial charge in [0.25, 0.3) is 0 Å². The minimum atomic E-state index is 0.211. The van der Waals surface area contributed by atoms with E-state index in [1.54, 1.807) is 6.33 Å². The fraction of sp³-hybridized carbons (Fsp3) is 0.379. The molecule has 2 saturated heterocycles. The first-order valence-electron chi connectivity index (χ1n) is 13.8. The monoisotopic (exact) mass is 542 g/mol. The predicted octanol–water partition coefficient (Wildman–Crippen LogP) is 3.52. The molecule has 4 aromatic rings. The molecular formula is C29H34N8O3. The number of carbonyl (C=O) groups excluding carboxylic acids is 1. The molecule has 2 aliphatic rings. The molecule has 0 bridgehead atoms. The van der Waals surface area contributed by atoms with E-state index < -0.39 is 0 Å². The number of nitrogens with zero attached hydrogens (tertiary/aromatic N) is 6. The zero-order chi connectivity index (χ0) is 27.1. The van der Waals surface area contributed by atoms with Gasteiger partial charge < -0.3 is 34.5 Å². The van der Waals surface area contributed by atoms with Gasteiger partial charge in [-0.05, 0) is 42.8 Å². The van der Waals surface area contributed by atoms with Gasteiger partial charge in [0.05, 0.1) is 26.1 Å². The lowest BCUT2D eigenvalue weighted by atomic mass is 10.2. The van der Waals surface area contributed by atoms with Gasteiger partial charge in [-0.1, -0.05) is 18.2 Å². The van der Waals surface area contributed by atoms with Crippen LogP contribution in [0.1, 0.15) is 12.8 Å². The quantitative estimate of drug-likeness (QED) is 0.275. The zero-order valence-corrected chi connectivity index (χ0v) is 22.5. The van der Waals surface area contributed by atoms with Crippen molar-refractivity contribution in [3.63, 3.8) is 0 Å². The van der Waals surface area contributed by atoms with Crippen LogP contribution < -0.4 is 20.3 Å². The molecule has 11 heteroatoms. The number of rotatable bonds is 11. The predicted molar refractivity (Wildman–Crippen MR) is 154 cm³/mol. The number of hydrogen-bond donors (Lipinski definition) is 2. The van der Waals surface area contributed by atoms with Crippen molar-refractivity contribution in [1.29, 1.82) is 0 Å². The number of carbonyl (C=O) groups is 1. The normalized spacial score (nSPS) is 15.6. The minimum Gasteiger partial charge on any atom is -0.492 e. The highest BCUT2D eigenvalue weighted by molar-refractivity contribution is 5.85. The Balaban J connectivity index is 1.20. The summed E-state index contributed by atoms with van der Waals surface area (Å²) in [6.07, 6.45) is 3.32. The number of benzene rings is 2. The van der Waals surface area contributed by atoms with E-state index in [2.05, 4.69) is 32.7 Å². The number of aromatic nitrogens is 4. The molecule has 0 atom stereocenters. The molecular weight excluding hydrogens is 508 g/mol. The van der Waals surface area contributed by atoms with Gasteiger partial charge in [-0.25, -0.2) is 4.98 Å². The van der Waals surface area contributed by atoms with E-state index in [1.807, 2.05) is 51.9 Å². The molecule has 2 aromatic heterocycles. The van der Waals surface area contributed by atoms with Crippen LogP contribution in [0.4, 0.5) is 23.1 Å². The molecule has 2 aliphatic heterocycles. The number of para-hydroxylation sites is 1. The van der Waals surface area contributed by atoms with Crippen LogP contribution in [0.2, 0.25) is 0 Å². The van der Waals surface area contributed by atoms with Crippen molar-refractivity contribution in [2.24, 2.45) is 0 Å². The number of fused-ring (bicyclic) bond motifs is 1. The standard InChI is InChI=1S/C29H34N8O3/c38-25-7-4-13-36(25)14-15-37-21-31-26-27(30-12-18-40-24-5-2-1-3-6-24)33-29(34-28(26)37)32-22-8-10-23(11-9-22)35-16-19-39-20-17-35/h1-3,5-6,8-11,21H,4,7,12-20H2,(H2,30,32,33,34). The van der Waals surface area contributed by atoms with Crippen LogP contribution in [0.5, 0.6) is 5.75 Å². The third-order valence-electron chi connectivity index (χ3n) is 7.15. The number of likely N-dealkylation sites (tertiary alicyclic amines) is 1. The average Bonchev–Trinajstić information content (AvgIpc) is 3.61. The van der Waals surface area contributed by atoms with Crippen molar-refractivity contribution < 1.29 is 14.3 Å². The second-order valence-electron chi connectivity index (χ2n) is 9.85. The Bertz CT molecular complexity index is 1420. The van der Waals surface area contributed by atoms with Crippen LogP contribution in [0, 0.1) is 0 Å². The van der Waals surface area contributed by atoms with Crippen LogP contribution in [-0.2, 0) is 16.1 Å². The first-order valence-corrected chi connectivity index (χ1v) is 13.8. The van der Waals surface area contributed by atoms with Gasteiger partial charge >= 0.3 is 0 Å². The zero-order valence-electron chi connectivity index (χ0n) is 22.5. The largest absolute Gasteiger partial charge is 0.492 e. The van der Waals surface area contributed by atoms with Gasteiger partial charge in [-0.15, -0.1) is 0 Å². The maximum Gasteiger partial charge on any atom is 0.231 e. The summed E-state index contributed by atoms with van der Waals surface area (Å²) in [5.41, 5.74) is 3.45. The highest BCUT2D eigenvalue weighted by atomic mass is 16.5. The van der Waals surface area contributed by atoms with Crippen molar-refractivity contribution in [1.82, 2.24) is 24.4 Å². The van der Waals surface area contributed by atoms with Crippen molar-refractivity contribution in [2.45, 2.75) is 19.4 Å². The highest BCUT2D eigenvalue weighted by Crippen LogP contribution is 2.25. The maximum atomic E-state index is 12.1. The van der Waals surface area contributed by atoms with Gasteiger partial charge in [0, 0.05) is 50.5 Å². The number of anilines is 4. The van der Waals surface area contributed by atoms with E-state index in [9.17, 15) is 4.79 Å². The summed E-state index contributed by atoms with van der Waals surface area (Å²) in [5, 5.41) is 6.74. The highest BCUT2D eigenvalue weighted by Gasteiger charge is 2.21. The average molecular weight is 543 g/mol. The van der Waals surface area contributed by atoms with Crippen LogP contribution in [-0.4, -0.2) is 82.9 Å². The van der Waals surface area contributed by atoms with Crippen LogP contribution in [0.25, 0.3) is 11.2 Å². The summed E-state index contributed by atoms with van der Waals surface area (Å²) in [6.45, 7) is 6.35. The second-order valence-corrected chi connectivity index (χ2v) is 9.85. The number of amides is 1. The molecule has 2 N–H and O–H groups in total. The fourth-order valence-electron chi connectivity index (χ4n) is 5.02. The molecule has 0 radical (unpaired) electrons. The van der Waals surface area contributed by atoms with E-state index >= 15 is 0 Å². The first-order chi connectivity index (χ1) is 19.7. The molecule has 0 saturated carbocycles. The lowest BCUT2D eigenvalue weighted by Gasteiger charge is -2.28. The third-order valence-corrected chi connectivity index (χ3v) is 7.15. The van der Waals surface area contributed by atoms with Crippen LogP contribution in [0.3, 0.4) is 0 Å². The molecule has 0 spiro atoms.